The summed E-state index contributed by atoms with van der Waals surface area (Å²) in [5.74, 6) is 2.96. The maximum atomic E-state index is 11.3. The zero-order valence-corrected chi connectivity index (χ0v) is 18.6. The van der Waals surface area contributed by atoms with Crippen molar-refractivity contribution in [2.75, 3.05) is 0 Å². The summed E-state index contributed by atoms with van der Waals surface area (Å²) in [6.07, 6.45) is 19.4. The Morgan fingerprint density at radius 3 is 2.59 bits per heavy atom. The minimum atomic E-state index is 0.342. The average Bonchev–Trinajstić information content (AvgIpc) is 2.99. The van der Waals surface area contributed by atoms with Gasteiger partial charge in [0.25, 0.3) is 0 Å². The third-order valence-corrected chi connectivity index (χ3v) is 8.66. The van der Waals surface area contributed by atoms with Gasteiger partial charge in [-0.25, -0.2) is 0 Å². The lowest BCUT2D eigenvalue weighted by atomic mass is 9.49. The molecule has 27 heavy (non-hydrogen) atoms. The van der Waals surface area contributed by atoms with Gasteiger partial charge < -0.3 is 4.79 Å². The van der Waals surface area contributed by atoms with Crippen LogP contribution in [0.15, 0.2) is 23.3 Å². The van der Waals surface area contributed by atoms with Gasteiger partial charge in [0.15, 0.2) is 0 Å². The second-order valence-corrected chi connectivity index (χ2v) is 9.95. The summed E-state index contributed by atoms with van der Waals surface area (Å²) >= 11 is 0. The molecule has 0 aromatic carbocycles. The lowest BCUT2D eigenvalue weighted by Gasteiger charge is -2.56. The van der Waals surface area contributed by atoms with E-state index in [1.54, 1.807) is 12.5 Å². The highest BCUT2D eigenvalue weighted by molar-refractivity contribution is 5.75. The summed E-state index contributed by atoms with van der Waals surface area (Å²) in [4.78, 5) is 11.3. The Bertz CT molecular complexity index is 612. The Hall–Kier alpha value is -0.850. The molecule has 0 aromatic heterocycles. The van der Waals surface area contributed by atoms with Crippen LogP contribution in [0, 0.1) is 28.6 Å². The highest BCUT2D eigenvalue weighted by Crippen LogP contribution is 2.64. The number of carbonyl (C=O) groups is 1. The molecular weight excluding hydrogens is 328 g/mol. The molecule has 0 aromatic rings. The van der Waals surface area contributed by atoms with Gasteiger partial charge in [0.2, 0.25) is 0 Å². The molecule has 0 radical (unpaired) electrons. The monoisotopic (exact) mass is 370 g/mol. The number of ketones is 1. The summed E-state index contributed by atoms with van der Waals surface area (Å²) < 4.78 is 0. The molecule has 1 heteroatoms. The number of rotatable bonds is 4. The van der Waals surface area contributed by atoms with E-state index in [0.29, 0.717) is 16.6 Å². The molecule has 0 N–H and O–H groups in total. The Balaban J connectivity index is 0.00000102. The Kier molecular flexibility index (Phi) is 6.38. The average molecular weight is 371 g/mol. The maximum Gasteiger partial charge on any atom is 0.129 e. The summed E-state index contributed by atoms with van der Waals surface area (Å²) in [6, 6.07) is 0. The van der Waals surface area contributed by atoms with Gasteiger partial charge in [0, 0.05) is 6.42 Å². The fourth-order valence-electron chi connectivity index (χ4n) is 7.14. The fourth-order valence-corrected chi connectivity index (χ4v) is 7.14. The van der Waals surface area contributed by atoms with Crippen LogP contribution in [0.4, 0.5) is 0 Å². The van der Waals surface area contributed by atoms with Gasteiger partial charge in [-0.05, 0) is 86.9 Å². The first-order valence-electron chi connectivity index (χ1n) is 11.8. The van der Waals surface area contributed by atoms with E-state index in [4.69, 9.17) is 0 Å². The fraction of sp³-hybridized carbons (Fsp3) is 0.808. The van der Waals surface area contributed by atoms with Gasteiger partial charge in [0.05, 0.1) is 0 Å². The Labute approximate surface area is 168 Å². The van der Waals surface area contributed by atoms with E-state index in [1.165, 1.54) is 51.4 Å². The minimum absolute atomic E-state index is 0.342. The van der Waals surface area contributed by atoms with E-state index >= 15 is 0 Å². The molecule has 0 amide bonds. The van der Waals surface area contributed by atoms with Crippen LogP contribution >= 0.6 is 0 Å². The van der Waals surface area contributed by atoms with Crippen molar-refractivity contribution in [2.24, 2.45) is 28.6 Å². The van der Waals surface area contributed by atoms with E-state index < -0.39 is 0 Å². The molecule has 0 heterocycles. The number of Topliss-reactive ketones (excluding diaryl/α,β-unsaturated/α-hetero) is 1. The topological polar surface area (TPSA) is 17.1 Å². The summed E-state index contributed by atoms with van der Waals surface area (Å²) in [7, 11) is 0. The Morgan fingerprint density at radius 2 is 1.85 bits per heavy atom. The molecular formula is C26H42O. The zero-order valence-electron chi connectivity index (χ0n) is 18.6. The third-order valence-electron chi connectivity index (χ3n) is 8.66. The van der Waals surface area contributed by atoms with Crippen LogP contribution in [-0.2, 0) is 4.79 Å². The molecule has 4 rings (SSSR count). The van der Waals surface area contributed by atoms with E-state index in [9.17, 15) is 4.79 Å². The Morgan fingerprint density at radius 1 is 1.07 bits per heavy atom. The van der Waals surface area contributed by atoms with Gasteiger partial charge in [-0.1, -0.05) is 63.8 Å². The van der Waals surface area contributed by atoms with Gasteiger partial charge >= 0.3 is 0 Å². The molecule has 0 spiro atoms. The second-order valence-electron chi connectivity index (χ2n) is 9.95. The quantitative estimate of drug-likeness (QED) is 0.464. The first-order chi connectivity index (χ1) is 12.9. The van der Waals surface area contributed by atoms with E-state index in [1.807, 2.05) is 19.4 Å². The highest BCUT2D eigenvalue weighted by Gasteiger charge is 2.54. The van der Waals surface area contributed by atoms with E-state index in [0.717, 1.165) is 37.0 Å². The van der Waals surface area contributed by atoms with Crippen LogP contribution in [0.1, 0.15) is 105 Å². The van der Waals surface area contributed by atoms with E-state index in [-0.39, 0.29) is 0 Å². The van der Waals surface area contributed by atoms with Crippen LogP contribution in [-0.4, -0.2) is 5.78 Å². The number of hydrogen-bond donors (Lipinski definition) is 0. The normalized spacial score (nSPS) is 39.8. The number of allylic oxidation sites excluding steroid dienone is 4. The smallest absolute Gasteiger partial charge is 0.129 e. The summed E-state index contributed by atoms with van der Waals surface area (Å²) in [5.41, 5.74) is 4.43. The standard InChI is InChI=1S/C24H36O.C2H6/c1-17(25)7-6-9-19-11-13-21-20-12-10-18-8-4-5-15-23(18,2)22(20)14-16-24(19,21)3;1-2/h11,14,18,20-21H,4-10,12-13,15-16H2,1-3H3;1-2H3. The van der Waals surface area contributed by atoms with Crippen LogP contribution in [0.5, 0.6) is 0 Å². The lowest BCUT2D eigenvalue weighted by Crippen LogP contribution is -2.46. The molecule has 5 unspecified atom stereocenters. The predicted octanol–water partition coefficient (Wildman–Crippen LogP) is 7.66. The minimum Gasteiger partial charge on any atom is -0.300 e. The molecule has 0 bridgehead atoms. The van der Waals surface area contributed by atoms with Crippen LogP contribution in [0.2, 0.25) is 0 Å². The molecule has 0 saturated heterocycles. The molecule has 1 nitrogen and oxygen atoms in total. The summed E-state index contributed by atoms with van der Waals surface area (Å²) in [6.45, 7) is 10.9. The van der Waals surface area contributed by atoms with Crippen LogP contribution < -0.4 is 0 Å². The van der Waals surface area contributed by atoms with Gasteiger partial charge in [-0.2, -0.15) is 0 Å². The summed E-state index contributed by atoms with van der Waals surface area (Å²) in [5, 5.41) is 0. The largest absolute Gasteiger partial charge is 0.300 e. The highest BCUT2D eigenvalue weighted by atomic mass is 16.1. The molecule has 5 atom stereocenters. The van der Waals surface area contributed by atoms with E-state index in [2.05, 4.69) is 26.0 Å². The van der Waals surface area contributed by atoms with Crippen molar-refractivity contribution in [3.63, 3.8) is 0 Å². The van der Waals surface area contributed by atoms with Crippen molar-refractivity contribution in [3.05, 3.63) is 23.3 Å². The molecule has 4 aliphatic carbocycles. The zero-order chi connectivity index (χ0) is 19.7. The van der Waals surface area contributed by atoms with Crippen molar-refractivity contribution in [3.8, 4) is 0 Å². The number of fused-ring (bicyclic) bond motifs is 5. The molecule has 4 aliphatic rings. The third kappa shape index (κ3) is 3.60. The second kappa shape index (κ2) is 8.26. The van der Waals surface area contributed by atoms with Crippen molar-refractivity contribution in [1.29, 1.82) is 0 Å². The predicted molar refractivity (Wildman–Crippen MR) is 116 cm³/mol. The van der Waals surface area contributed by atoms with Crippen molar-refractivity contribution in [2.45, 2.75) is 105 Å². The van der Waals surface area contributed by atoms with Crippen molar-refractivity contribution < 1.29 is 4.79 Å². The van der Waals surface area contributed by atoms with Gasteiger partial charge in [0.1, 0.15) is 5.78 Å². The first-order valence-corrected chi connectivity index (χ1v) is 11.8. The van der Waals surface area contributed by atoms with Gasteiger partial charge in [-0.15, -0.1) is 0 Å². The SMILES string of the molecule is CC.CC(=O)CCCC1=CCC2C3CCC4CCCCC4(C)C3=CCC12C. The van der Waals surface area contributed by atoms with Crippen LogP contribution in [0.25, 0.3) is 0 Å². The van der Waals surface area contributed by atoms with Gasteiger partial charge in [-0.3, -0.25) is 0 Å². The molecule has 2 fully saturated rings. The maximum absolute atomic E-state index is 11.3. The number of hydrogen-bond acceptors (Lipinski definition) is 1. The molecule has 2 saturated carbocycles. The van der Waals surface area contributed by atoms with Crippen LogP contribution in [0.3, 0.4) is 0 Å². The van der Waals surface area contributed by atoms with Crippen molar-refractivity contribution >= 4 is 5.78 Å². The lowest BCUT2D eigenvalue weighted by molar-refractivity contribution is -0.117. The molecule has 0 aliphatic heterocycles. The molecule has 152 valence electrons. The number of carbonyl (C=O) groups excluding carboxylic acids is 1. The first kappa shape index (κ1) is 20.9. The van der Waals surface area contributed by atoms with Crippen molar-refractivity contribution in [1.82, 2.24) is 0 Å².